The minimum absolute atomic E-state index is 0.266. The van der Waals surface area contributed by atoms with Gasteiger partial charge in [0, 0.05) is 18.0 Å². The predicted octanol–water partition coefficient (Wildman–Crippen LogP) is 1.82. The zero-order chi connectivity index (χ0) is 9.90. The molecule has 0 spiro atoms. The van der Waals surface area contributed by atoms with E-state index >= 15 is 0 Å². The molecule has 1 N–H and O–H groups in total. The summed E-state index contributed by atoms with van der Waals surface area (Å²) in [4.78, 5) is 3.48. The quantitative estimate of drug-likeness (QED) is 0.417. The van der Waals surface area contributed by atoms with Crippen LogP contribution in [-0.4, -0.2) is 22.1 Å². The van der Waals surface area contributed by atoms with Crippen molar-refractivity contribution in [3.05, 3.63) is 30.1 Å². The molecule has 6 heteroatoms. The Morgan fingerprint density at radius 2 is 2.15 bits per heavy atom. The van der Waals surface area contributed by atoms with Gasteiger partial charge in [0.05, 0.1) is 0 Å². The van der Waals surface area contributed by atoms with Gasteiger partial charge in [-0.05, 0) is 12.1 Å². The van der Waals surface area contributed by atoms with Crippen molar-refractivity contribution in [1.29, 1.82) is 0 Å². The fourth-order valence-corrected chi connectivity index (χ4v) is 0.781. The van der Waals surface area contributed by atoms with Crippen molar-refractivity contribution >= 4 is 5.71 Å². The van der Waals surface area contributed by atoms with Gasteiger partial charge in [-0.25, -0.2) is 0 Å². The predicted molar refractivity (Wildman–Crippen MR) is 38.6 cm³/mol. The number of rotatable bonds is 1. The molecule has 1 rings (SSSR count). The van der Waals surface area contributed by atoms with Gasteiger partial charge in [0.15, 0.2) is 5.71 Å². The van der Waals surface area contributed by atoms with Crippen LogP contribution in [0.2, 0.25) is 0 Å². The van der Waals surface area contributed by atoms with E-state index in [-0.39, 0.29) is 5.56 Å². The summed E-state index contributed by atoms with van der Waals surface area (Å²) in [7, 11) is 0. The van der Waals surface area contributed by atoms with Crippen LogP contribution >= 0.6 is 0 Å². The number of nitrogens with zero attached hydrogens (tertiary/aromatic N) is 2. The van der Waals surface area contributed by atoms with Crippen LogP contribution < -0.4 is 0 Å². The number of aromatic nitrogens is 1. The van der Waals surface area contributed by atoms with Crippen molar-refractivity contribution in [3.63, 3.8) is 0 Å². The fraction of sp³-hybridized carbons (Fsp3) is 0.143. The molecule has 0 aliphatic carbocycles. The molecule has 0 unspecified atom stereocenters. The summed E-state index contributed by atoms with van der Waals surface area (Å²) in [5.41, 5.74) is -1.61. The second-order valence-corrected chi connectivity index (χ2v) is 2.19. The molecule has 0 radical (unpaired) electrons. The molecule has 0 saturated carbocycles. The molecule has 0 saturated heterocycles. The lowest BCUT2D eigenvalue weighted by atomic mass is 10.2. The highest BCUT2D eigenvalue weighted by molar-refractivity contribution is 6.03. The number of oxime groups is 1. The molecule has 1 aromatic rings. The van der Waals surface area contributed by atoms with E-state index in [1.807, 2.05) is 0 Å². The topological polar surface area (TPSA) is 45.5 Å². The molecule has 0 aliphatic rings. The highest BCUT2D eigenvalue weighted by Crippen LogP contribution is 2.21. The number of alkyl halides is 3. The first-order valence-electron chi connectivity index (χ1n) is 3.25. The fourth-order valence-electron chi connectivity index (χ4n) is 0.781. The lowest BCUT2D eigenvalue weighted by molar-refractivity contribution is -0.0601. The molecule has 3 nitrogen and oxygen atoms in total. The molecule has 0 aromatic carbocycles. The molecule has 0 amide bonds. The van der Waals surface area contributed by atoms with Gasteiger partial charge in [0.25, 0.3) is 0 Å². The molecule has 0 aliphatic heterocycles. The van der Waals surface area contributed by atoms with Crippen LogP contribution in [0.25, 0.3) is 0 Å². The van der Waals surface area contributed by atoms with Crippen LogP contribution in [0.4, 0.5) is 13.2 Å². The van der Waals surface area contributed by atoms with Crippen molar-refractivity contribution in [1.82, 2.24) is 4.98 Å². The number of hydrogen-bond donors (Lipinski definition) is 1. The van der Waals surface area contributed by atoms with Crippen molar-refractivity contribution in [2.75, 3.05) is 0 Å². The minimum atomic E-state index is -4.67. The first-order chi connectivity index (χ1) is 6.05. The van der Waals surface area contributed by atoms with Crippen LogP contribution in [0.3, 0.4) is 0 Å². The summed E-state index contributed by atoms with van der Waals surface area (Å²) in [5.74, 6) is 0. The average molecular weight is 190 g/mol. The van der Waals surface area contributed by atoms with Gasteiger partial charge in [-0.2, -0.15) is 13.2 Å². The summed E-state index contributed by atoms with van der Waals surface area (Å²) in [5, 5.41) is 10.3. The first kappa shape index (κ1) is 9.50. The Balaban J connectivity index is 3.08. The summed E-state index contributed by atoms with van der Waals surface area (Å²) in [6.45, 7) is 0. The number of hydrogen-bond acceptors (Lipinski definition) is 3. The molecule has 1 heterocycles. The summed E-state index contributed by atoms with van der Waals surface area (Å²) < 4.78 is 36.3. The number of halogens is 3. The third-order valence-corrected chi connectivity index (χ3v) is 1.30. The van der Waals surface area contributed by atoms with E-state index < -0.39 is 11.9 Å². The molecular weight excluding hydrogens is 185 g/mol. The highest BCUT2D eigenvalue weighted by Gasteiger charge is 2.37. The zero-order valence-corrected chi connectivity index (χ0v) is 6.28. The van der Waals surface area contributed by atoms with Crippen LogP contribution in [0.5, 0.6) is 0 Å². The molecule has 0 fully saturated rings. The van der Waals surface area contributed by atoms with Crippen molar-refractivity contribution in [2.24, 2.45) is 5.16 Å². The van der Waals surface area contributed by atoms with Gasteiger partial charge in [0.2, 0.25) is 0 Å². The van der Waals surface area contributed by atoms with Gasteiger partial charge >= 0.3 is 6.18 Å². The van der Waals surface area contributed by atoms with E-state index in [1.165, 1.54) is 12.3 Å². The van der Waals surface area contributed by atoms with Crippen LogP contribution in [0.15, 0.2) is 29.7 Å². The van der Waals surface area contributed by atoms with Crippen molar-refractivity contribution in [3.8, 4) is 0 Å². The Morgan fingerprint density at radius 3 is 2.54 bits per heavy atom. The monoisotopic (exact) mass is 190 g/mol. The summed E-state index contributed by atoms with van der Waals surface area (Å²) in [6.07, 6.45) is -2.37. The van der Waals surface area contributed by atoms with Crippen LogP contribution in [0, 0.1) is 0 Å². The second kappa shape index (κ2) is 3.42. The van der Waals surface area contributed by atoms with Gasteiger partial charge in [-0.3, -0.25) is 4.98 Å². The molecule has 1 aromatic heterocycles. The Labute approximate surface area is 71.5 Å². The maximum absolute atomic E-state index is 12.1. The van der Waals surface area contributed by atoms with E-state index in [9.17, 15) is 13.2 Å². The third-order valence-electron chi connectivity index (χ3n) is 1.30. The van der Waals surface area contributed by atoms with Gasteiger partial charge in [-0.15, -0.1) is 0 Å². The van der Waals surface area contributed by atoms with E-state index in [1.54, 1.807) is 0 Å². The lowest BCUT2D eigenvalue weighted by Gasteiger charge is -2.07. The Morgan fingerprint density at radius 1 is 1.46 bits per heavy atom. The minimum Gasteiger partial charge on any atom is -0.410 e. The van der Waals surface area contributed by atoms with E-state index in [4.69, 9.17) is 5.21 Å². The van der Waals surface area contributed by atoms with Gasteiger partial charge < -0.3 is 5.21 Å². The summed E-state index contributed by atoms with van der Waals surface area (Å²) >= 11 is 0. The standard InChI is InChI=1S/C7H5F3N2O/c8-7(9,10)6(12-13)5-2-1-3-11-4-5/h1-4,13H/b12-6-. The Kier molecular flexibility index (Phi) is 2.50. The Bertz CT molecular complexity index is 307. The van der Waals surface area contributed by atoms with Gasteiger partial charge in [-0.1, -0.05) is 5.16 Å². The molecule has 0 atom stereocenters. The van der Waals surface area contributed by atoms with Crippen molar-refractivity contribution < 1.29 is 18.4 Å². The second-order valence-electron chi connectivity index (χ2n) is 2.19. The highest BCUT2D eigenvalue weighted by atomic mass is 19.4. The molecule has 0 bridgehead atoms. The molecule has 13 heavy (non-hydrogen) atoms. The molecule has 70 valence electrons. The Hall–Kier alpha value is -1.59. The van der Waals surface area contributed by atoms with E-state index in [0.717, 1.165) is 12.3 Å². The third kappa shape index (κ3) is 2.17. The lowest BCUT2D eigenvalue weighted by Crippen LogP contribution is -2.24. The SMILES string of the molecule is O/N=C(/c1cccnc1)C(F)(F)F. The first-order valence-corrected chi connectivity index (χ1v) is 3.25. The smallest absolute Gasteiger partial charge is 0.410 e. The average Bonchev–Trinajstić information content (AvgIpc) is 2.05. The van der Waals surface area contributed by atoms with E-state index in [2.05, 4.69) is 10.1 Å². The number of pyridine rings is 1. The molecular formula is C7H5F3N2O. The largest absolute Gasteiger partial charge is 0.437 e. The zero-order valence-electron chi connectivity index (χ0n) is 6.28. The maximum atomic E-state index is 12.1. The van der Waals surface area contributed by atoms with E-state index in [0.29, 0.717) is 0 Å². The maximum Gasteiger partial charge on any atom is 0.437 e. The normalized spacial score (nSPS) is 13.0. The van der Waals surface area contributed by atoms with Gasteiger partial charge in [0.1, 0.15) is 0 Å². The summed E-state index contributed by atoms with van der Waals surface area (Å²) in [6, 6.07) is 2.49. The van der Waals surface area contributed by atoms with Crippen molar-refractivity contribution in [2.45, 2.75) is 6.18 Å². The van der Waals surface area contributed by atoms with Crippen LogP contribution in [-0.2, 0) is 0 Å². The van der Waals surface area contributed by atoms with Crippen LogP contribution in [0.1, 0.15) is 5.56 Å².